The van der Waals surface area contributed by atoms with Crippen LogP contribution in [0.25, 0.3) is 21.5 Å². The van der Waals surface area contributed by atoms with Gasteiger partial charge in [0, 0.05) is 27.8 Å². The van der Waals surface area contributed by atoms with Gasteiger partial charge in [-0.15, -0.1) is 0 Å². The minimum absolute atomic E-state index is 0.289. The van der Waals surface area contributed by atoms with E-state index in [-0.39, 0.29) is 11.2 Å². The number of para-hydroxylation sites is 2. The van der Waals surface area contributed by atoms with Gasteiger partial charge in [-0.05, 0) is 143 Å². The van der Waals surface area contributed by atoms with Crippen LogP contribution in [0.3, 0.4) is 0 Å². The lowest BCUT2D eigenvalue weighted by molar-refractivity contribution is 0.130. The lowest BCUT2D eigenvalue weighted by Crippen LogP contribution is -2.22. The highest BCUT2D eigenvalue weighted by Crippen LogP contribution is 2.46. The minimum atomic E-state index is -0.292. The summed E-state index contributed by atoms with van der Waals surface area (Å²) in [5.41, 5.74) is 5.37. The Kier molecular flexibility index (Phi) is 9.13. The van der Waals surface area contributed by atoms with E-state index >= 15 is 0 Å². The lowest BCUT2D eigenvalue weighted by Gasteiger charge is -2.30. The van der Waals surface area contributed by atoms with Crippen molar-refractivity contribution in [3.05, 3.63) is 157 Å². The molecule has 0 saturated heterocycles. The fourth-order valence-electron chi connectivity index (χ4n) is 6.52. The Balaban J connectivity index is 1.35. The molecule has 7 rings (SSSR count). The van der Waals surface area contributed by atoms with E-state index in [0.29, 0.717) is 5.02 Å². The van der Waals surface area contributed by atoms with Gasteiger partial charge in [-0.3, -0.25) is 0 Å². The van der Waals surface area contributed by atoms with Crippen LogP contribution in [0.2, 0.25) is 5.02 Å². The quantitative estimate of drug-likeness (QED) is 0.158. The molecule has 0 spiro atoms. The van der Waals surface area contributed by atoms with Crippen molar-refractivity contribution in [2.45, 2.75) is 52.7 Å². The second-order valence-electron chi connectivity index (χ2n) is 14.7. The van der Waals surface area contributed by atoms with E-state index in [9.17, 15) is 0 Å². The minimum Gasteiger partial charge on any atom is -0.488 e. The summed E-state index contributed by atoms with van der Waals surface area (Å²) in [6.45, 7) is 12.4. The molecule has 0 amide bonds. The fourth-order valence-corrected chi connectivity index (χ4v) is 6.78. The SMILES string of the molecule is CC(C)(C)Oc1ccc2c(N(c3ccccc3)c3ccc(N(c4ccccc4)c4cccc5cc(OC(C)(C)C)ccc45)c(Cl)c3)cccc2c1. The van der Waals surface area contributed by atoms with Crippen molar-refractivity contribution in [2.24, 2.45) is 0 Å². The van der Waals surface area contributed by atoms with Gasteiger partial charge in [0.2, 0.25) is 0 Å². The van der Waals surface area contributed by atoms with Crippen LogP contribution >= 0.6 is 11.6 Å². The molecule has 5 heteroatoms. The van der Waals surface area contributed by atoms with Crippen LogP contribution in [0.15, 0.2) is 152 Å². The van der Waals surface area contributed by atoms with E-state index in [1.807, 2.05) is 18.2 Å². The summed E-state index contributed by atoms with van der Waals surface area (Å²) in [5.74, 6) is 1.69. The predicted molar refractivity (Wildman–Crippen MR) is 217 cm³/mol. The zero-order chi connectivity index (χ0) is 35.8. The predicted octanol–water partition coefficient (Wildman–Crippen LogP) is 13.9. The Bertz CT molecular complexity index is 2310. The smallest absolute Gasteiger partial charge is 0.120 e. The maximum absolute atomic E-state index is 7.39. The van der Waals surface area contributed by atoms with Gasteiger partial charge >= 0.3 is 0 Å². The van der Waals surface area contributed by atoms with Gasteiger partial charge in [0.1, 0.15) is 22.7 Å². The number of fused-ring (bicyclic) bond motifs is 2. The van der Waals surface area contributed by atoms with Gasteiger partial charge in [-0.25, -0.2) is 0 Å². The van der Waals surface area contributed by atoms with Crippen molar-refractivity contribution in [3.8, 4) is 11.5 Å². The van der Waals surface area contributed by atoms with Crippen molar-refractivity contribution in [3.63, 3.8) is 0 Å². The molecule has 0 heterocycles. The maximum Gasteiger partial charge on any atom is 0.120 e. The fraction of sp³-hybridized carbons (Fsp3) is 0.174. The first-order valence-electron chi connectivity index (χ1n) is 17.4. The number of halogens is 1. The number of hydrogen-bond acceptors (Lipinski definition) is 4. The molecule has 4 nitrogen and oxygen atoms in total. The molecule has 0 aliphatic rings. The molecule has 0 unspecified atom stereocenters. The highest BCUT2D eigenvalue weighted by molar-refractivity contribution is 6.34. The molecule has 7 aromatic rings. The third-order valence-electron chi connectivity index (χ3n) is 8.45. The van der Waals surface area contributed by atoms with Crippen LogP contribution in [-0.2, 0) is 0 Å². The van der Waals surface area contributed by atoms with Gasteiger partial charge in [-0.2, -0.15) is 0 Å². The van der Waals surface area contributed by atoms with Crippen LogP contribution in [0.1, 0.15) is 41.5 Å². The molecule has 0 fully saturated rings. The second-order valence-corrected chi connectivity index (χ2v) is 15.1. The van der Waals surface area contributed by atoms with E-state index in [1.165, 1.54) is 0 Å². The monoisotopic (exact) mass is 690 g/mol. The standard InChI is InChI=1S/C46H43ClN2O2/c1-45(2,3)50-37-24-26-39-32(29-37)15-13-21-42(39)48(34-17-9-7-10-18-34)36-23-28-44(41(47)31-36)49(35-19-11-8-12-20-35)43-22-14-16-33-30-38(25-27-40(33)43)51-46(4,5)6/h7-31H,1-6H3. The summed E-state index contributed by atoms with van der Waals surface area (Å²) < 4.78 is 12.4. The lowest BCUT2D eigenvalue weighted by atomic mass is 10.0. The summed E-state index contributed by atoms with van der Waals surface area (Å²) in [6, 6.07) is 52.5. The Labute approximate surface area is 306 Å². The van der Waals surface area contributed by atoms with Crippen LogP contribution in [-0.4, -0.2) is 11.2 Å². The van der Waals surface area contributed by atoms with Gasteiger partial charge in [0.05, 0.1) is 22.1 Å². The van der Waals surface area contributed by atoms with Crippen molar-refractivity contribution in [2.75, 3.05) is 9.80 Å². The molecule has 7 aromatic carbocycles. The molecule has 0 N–H and O–H groups in total. The number of ether oxygens (including phenoxy) is 2. The van der Waals surface area contributed by atoms with Crippen molar-refractivity contribution in [1.82, 2.24) is 0 Å². The third kappa shape index (κ3) is 7.52. The third-order valence-corrected chi connectivity index (χ3v) is 8.75. The molecule has 0 aliphatic heterocycles. The van der Waals surface area contributed by atoms with E-state index in [0.717, 1.165) is 67.2 Å². The topological polar surface area (TPSA) is 24.9 Å². The Hall–Kier alpha value is -5.45. The van der Waals surface area contributed by atoms with Crippen molar-refractivity contribution >= 4 is 67.3 Å². The highest BCUT2D eigenvalue weighted by atomic mass is 35.5. The molecule has 0 radical (unpaired) electrons. The van der Waals surface area contributed by atoms with Gasteiger partial charge in [-0.1, -0.05) is 72.3 Å². The molecule has 0 saturated carbocycles. The van der Waals surface area contributed by atoms with E-state index in [1.54, 1.807) is 0 Å². The molecule has 51 heavy (non-hydrogen) atoms. The first-order valence-corrected chi connectivity index (χ1v) is 17.7. The molecular weight excluding hydrogens is 648 g/mol. The zero-order valence-electron chi connectivity index (χ0n) is 30.0. The normalized spacial score (nSPS) is 11.8. The second kappa shape index (κ2) is 13.7. The van der Waals surface area contributed by atoms with Gasteiger partial charge < -0.3 is 19.3 Å². The first-order chi connectivity index (χ1) is 24.4. The number of rotatable bonds is 8. The summed E-state index contributed by atoms with van der Waals surface area (Å²) in [5, 5.41) is 5.02. The van der Waals surface area contributed by atoms with Crippen LogP contribution in [0.5, 0.6) is 11.5 Å². The van der Waals surface area contributed by atoms with E-state index < -0.39 is 0 Å². The summed E-state index contributed by atoms with van der Waals surface area (Å²) >= 11 is 7.39. The average molecular weight is 691 g/mol. The summed E-state index contributed by atoms with van der Waals surface area (Å²) in [7, 11) is 0. The Morgan fingerprint density at radius 1 is 0.412 bits per heavy atom. The Morgan fingerprint density at radius 2 is 0.882 bits per heavy atom. The highest BCUT2D eigenvalue weighted by Gasteiger charge is 2.22. The number of hydrogen-bond donors (Lipinski definition) is 0. The van der Waals surface area contributed by atoms with Crippen LogP contribution in [0, 0.1) is 0 Å². The number of anilines is 6. The van der Waals surface area contributed by atoms with Crippen LogP contribution < -0.4 is 19.3 Å². The summed E-state index contributed by atoms with van der Waals surface area (Å²) in [6.07, 6.45) is 0. The molecule has 0 aromatic heterocycles. The van der Waals surface area contributed by atoms with E-state index in [4.69, 9.17) is 21.1 Å². The van der Waals surface area contributed by atoms with Gasteiger partial charge in [0.25, 0.3) is 0 Å². The number of benzene rings is 7. The van der Waals surface area contributed by atoms with Crippen molar-refractivity contribution in [1.29, 1.82) is 0 Å². The number of nitrogens with zero attached hydrogens (tertiary/aromatic N) is 2. The average Bonchev–Trinajstić information content (AvgIpc) is 3.09. The van der Waals surface area contributed by atoms with Gasteiger partial charge in [0.15, 0.2) is 0 Å². The molecule has 0 bridgehead atoms. The Morgan fingerprint density at radius 3 is 1.35 bits per heavy atom. The molecular formula is C46H43ClN2O2. The first kappa shape index (κ1) is 34.0. The molecule has 256 valence electrons. The maximum atomic E-state index is 7.39. The van der Waals surface area contributed by atoms with Crippen molar-refractivity contribution < 1.29 is 9.47 Å². The largest absolute Gasteiger partial charge is 0.488 e. The summed E-state index contributed by atoms with van der Waals surface area (Å²) in [4.78, 5) is 4.50. The van der Waals surface area contributed by atoms with E-state index in [2.05, 4.69) is 185 Å². The molecule has 0 aliphatic carbocycles. The molecule has 0 atom stereocenters. The zero-order valence-corrected chi connectivity index (χ0v) is 30.8. The van der Waals surface area contributed by atoms with Crippen LogP contribution in [0.4, 0.5) is 34.1 Å².